The lowest BCUT2D eigenvalue weighted by atomic mass is 10.1. The maximum absolute atomic E-state index is 11.7. The van der Waals surface area contributed by atoms with Crippen LogP contribution in [0.3, 0.4) is 0 Å². The molecule has 1 heterocycles. The molecule has 0 amide bonds. The van der Waals surface area contributed by atoms with E-state index in [1.165, 1.54) is 29.7 Å². The van der Waals surface area contributed by atoms with Crippen molar-refractivity contribution < 1.29 is 9.53 Å². The molecule has 0 unspecified atom stereocenters. The van der Waals surface area contributed by atoms with Crippen molar-refractivity contribution in [2.45, 2.75) is 39.0 Å². The summed E-state index contributed by atoms with van der Waals surface area (Å²) in [5, 5.41) is 0.995. The highest BCUT2D eigenvalue weighted by Crippen LogP contribution is 2.26. The van der Waals surface area contributed by atoms with Crippen LogP contribution in [0, 0.1) is 0 Å². The van der Waals surface area contributed by atoms with E-state index in [1.807, 2.05) is 6.07 Å². The lowest BCUT2D eigenvalue weighted by Gasteiger charge is -2.01. The number of carbonyl (C=O) groups is 1. The number of ether oxygens (including phenoxy) is 1. The van der Waals surface area contributed by atoms with Crippen molar-refractivity contribution in [1.29, 1.82) is 0 Å². The van der Waals surface area contributed by atoms with E-state index in [0.29, 0.717) is 12.3 Å². The van der Waals surface area contributed by atoms with E-state index in [1.54, 1.807) is 6.92 Å². The molecule has 0 saturated carbocycles. The Morgan fingerprint density at radius 1 is 1.18 bits per heavy atom. The van der Waals surface area contributed by atoms with Crippen molar-refractivity contribution in [3.63, 3.8) is 0 Å². The molecular formula is C17H20BrNO2S. The number of hydrogen-bond acceptors (Lipinski definition) is 4. The normalized spacial score (nSPS) is 10.6. The third kappa shape index (κ3) is 5.21. The average Bonchev–Trinajstić information content (AvgIpc) is 2.89. The third-order valence-electron chi connectivity index (χ3n) is 3.30. The largest absolute Gasteiger partial charge is 0.461 e. The van der Waals surface area contributed by atoms with Crippen molar-refractivity contribution in [2.24, 2.45) is 0 Å². The van der Waals surface area contributed by atoms with Gasteiger partial charge in [0.15, 0.2) is 5.69 Å². The van der Waals surface area contributed by atoms with Crippen LogP contribution < -0.4 is 0 Å². The van der Waals surface area contributed by atoms with E-state index in [2.05, 4.69) is 45.2 Å². The summed E-state index contributed by atoms with van der Waals surface area (Å²) < 4.78 is 5.76. The summed E-state index contributed by atoms with van der Waals surface area (Å²) in [5.41, 5.74) is 1.80. The van der Waals surface area contributed by atoms with Gasteiger partial charge in [-0.25, -0.2) is 9.78 Å². The monoisotopic (exact) mass is 381 g/mol. The molecule has 0 bridgehead atoms. The molecule has 3 nitrogen and oxygen atoms in total. The van der Waals surface area contributed by atoms with Gasteiger partial charge in [-0.3, -0.25) is 0 Å². The minimum absolute atomic E-state index is 0.346. The zero-order valence-corrected chi connectivity index (χ0v) is 15.1. The highest BCUT2D eigenvalue weighted by Gasteiger charge is 2.17. The van der Waals surface area contributed by atoms with Crippen LogP contribution in [-0.4, -0.2) is 17.6 Å². The Bertz CT molecular complexity index is 598. The fourth-order valence-corrected chi connectivity index (χ4v) is 3.83. The van der Waals surface area contributed by atoms with Gasteiger partial charge in [-0.15, -0.1) is 11.3 Å². The third-order valence-corrected chi connectivity index (χ3v) is 5.06. The predicted octanol–water partition coefficient (Wildman–Crippen LogP) is 5.04. The van der Waals surface area contributed by atoms with Crippen molar-refractivity contribution >= 4 is 33.2 Å². The van der Waals surface area contributed by atoms with Crippen LogP contribution in [0.15, 0.2) is 34.1 Å². The van der Waals surface area contributed by atoms with Crippen LogP contribution in [-0.2, 0) is 17.6 Å². The molecule has 0 spiro atoms. The average molecular weight is 382 g/mol. The Hall–Kier alpha value is -1.20. The molecule has 0 aliphatic rings. The first-order valence-corrected chi connectivity index (χ1v) is 9.18. The van der Waals surface area contributed by atoms with Gasteiger partial charge in [0.2, 0.25) is 0 Å². The molecule has 2 aromatic rings. The van der Waals surface area contributed by atoms with Crippen LogP contribution in [0.1, 0.15) is 47.2 Å². The quantitative estimate of drug-likeness (QED) is 0.474. The van der Waals surface area contributed by atoms with Crippen molar-refractivity contribution in [1.82, 2.24) is 4.98 Å². The molecule has 22 heavy (non-hydrogen) atoms. The Morgan fingerprint density at radius 3 is 2.64 bits per heavy atom. The molecule has 1 aromatic carbocycles. The highest BCUT2D eigenvalue weighted by molar-refractivity contribution is 9.11. The van der Waals surface area contributed by atoms with Crippen molar-refractivity contribution in [2.75, 3.05) is 6.61 Å². The minimum atomic E-state index is -0.346. The summed E-state index contributed by atoms with van der Waals surface area (Å²) in [6.45, 7) is 2.17. The molecule has 0 radical (unpaired) electrons. The first-order chi connectivity index (χ1) is 10.7. The number of thiazole rings is 1. The minimum Gasteiger partial charge on any atom is -0.461 e. The summed E-state index contributed by atoms with van der Waals surface area (Å²) in [6.07, 6.45) is 5.48. The van der Waals surface area contributed by atoms with Gasteiger partial charge >= 0.3 is 5.97 Å². The molecular weight excluding hydrogens is 362 g/mol. The smallest absolute Gasteiger partial charge is 0.359 e. The number of aromatic nitrogens is 1. The SMILES string of the molecule is CCOC(=O)c1nc(CCCCCc2ccccc2)sc1Br. The summed E-state index contributed by atoms with van der Waals surface area (Å²) in [7, 11) is 0. The number of nitrogens with zero attached hydrogens (tertiary/aromatic N) is 1. The first-order valence-electron chi connectivity index (χ1n) is 7.57. The zero-order chi connectivity index (χ0) is 15.8. The van der Waals surface area contributed by atoms with E-state index in [-0.39, 0.29) is 5.97 Å². The predicted molar refractivity (Wildman–Crippen MR) is 93.5 cm³/mol. The number of aryl methyl sites for hydroxylation is 2. The van der Waals surface area contributed by atoms with E-state index in [0.717, 1.165) is 28.1 Å². The maximum Gasteiger partial charge on any atom is 0.359 e. The van der Waals surface area contributed by atoms with Crippen LogP contribution in [0.4, 0.5) is 0 Å². The molecule has 5 heteroatoms. The van der Waals surface area contributed by atoms with Gasteiger partial charge in [-0.2, -0.15) is 0 Å². The molecule has 0 aliphatic carbocycles. The lowest BCUT2D eigenvalue weighted by molar-refractivity contribution is 0.0519. The van der Waals surface area contributed by atoms with Crippen molar-refractivity contribution in [3.05, 3.63) is 50.4 Å². The lowest BCUT2D eigenvalue weighted by Crippen LogP contribution is -2.05. The number of halogens is 1. The molecule has 0 fully saturated rings. The zero-order valence-electron chi connectivity index (χ0n) is 12.7. The molecule has 0 N–H and O–H groups in total. The molecule has 0 saturated heterocycles. The van der Waals surface area contributed by atoms with Crippen LogP contribution in [0.2, 0.25) is 0 Å². The summed E-state index contributed by atoms with van der Waals surface area (Å²) in [5.74, 6) is -0.346. The first kappa shape index (κ1) is 17.2. The maximum atomic E-state index is 11.7. The number of hydrogen-bond donors (Lipinski definition) is 0. The number of benzene rings is 1. The van der Waals surface area contributed by atoms with Gasteiger partial charge in [0.25, 0.3) is 0 Å². The van der Waals surface area contributed by atoms with Gasteiger partial charge in [-0.1, -0.05) is 36.8 Å². The second-order valence-electron chi connectivity index (χ2n) is 5.00. The Morgan fingerprint density at radius 2 is 1.91 bits per heavy atom. The summed E-state index contributed by atoms with van der Waals surface area (Å²) in [4.78, 5) is 16.1. The van der Waals surface area contributed by atoms with Gasteiger partial charge < -0.3 is 4.74 Å². The Balaban J connectivity index is 1.73. The molecule has 1 aromatic heterocycles. The fraction of sp³-hybridized carbons (Fsp3) is 0.412. The molecule has 118 valence electrons. The molecule has 0 atom stereocenters. The van der Waals surface area contributed by atoms with Crippen LogP contribution in [0.5, 0.6) is 0 Å². The van der Waals surface area contributed by atoms with E-state index in [9.17, 15) is 4.79 Å². The number of unbranched alkanes of at least 4 members (excludes halogenated alkanes) is 2. The van der Waals surface area contributed by atoms with Crippen molar-refractivity contribution in [3.8, 4) is 0 Å². The van der Waals surface area contributed by atoms with E-state index in [4.69, 9.17) is 4.74 Å². The van der Waals surface area contributed by atoms with E-state index >= 15 is 0 Å². The van der Waals surface area contributed by atoms with Crippen LogP contribution >= 0.6 is 27.3 Å². The fourth-order valence-electron chi connectivity index (χ4n) is 2.20. The summed E-state index contributed by atoms with van der Waals surface area (Å²) >= 11 is 4.92. The van der Waals surface area contributed by atoms with Gasteiger partial charge in [-0.05, 0) is 54.1 Å². The number of carbonyl (C=O) groups excluding carboxylic acids is 1. The number of esters is 1. The second kappa shape index (κ2) is 9.06. The number of rotatable bonds is 8. The van der Waals surface area contributed by atoms with Gasteiger partial charge in [0.05, 0.1) is 11.6 Å². The molecule has 2 rings (SSSR count). The van der Waals surface area contributed by atoms with E-state index < -0.39 is 0 Å². The topological polar surface area (TPSA) is 39.2 Å². The Labute approximate surface area is 143 Å². The molecule has 0 aliphatic heterocycles. The second-order valence-corrected chi connectivity index (χ2v) is 7.40. The van der Waals surface area contributed by atoms with Gasteiger partial charge in [0, 0.05) is 0 Å². The van der Waals surface area contributed by atoms with Crippen LogP contribution in [0.25, 0.3) is 0 Å². The highest BCUT2D eigenvalue weighted by atomic mass is 79.9. The summed E-state index contributed by atoms with van der Waals surface area (Å²) in [6, 6.07) is 10.6. The standard InChI is InChI=1S/C17H20BrNO2S/c1-2-21-17(20)15-16(18)22-14(19-15)12-8-4-7-11-13-9-5-3-6-10-13/h3,5-6,9-10H,2,4,7-8,11-12H2,1H3. The Kier molecular flexibility index (Phi) is 7.06. The van der Waals surface area contributed by atoms with Gasteiger partial charge in [0.1, 0.15) is 3.79 Å².